The van der Waals surface area contributed by atoms with Crippen LogP contribution in [0.2, 0.25) is 16.6 Å². The molecule has 4 nitrogen and oxygen atoms in total. The Morgan fingerprint density at radius 3 is 2.09 bits per heavy atom. The average molecular weight is 498 g/mol. The van der Waals surface area contributed by atoms with E-state index in [-0.39, 0.29) is 11.6 Å². The Bertz CT molecular complexity index is 993. The van der Waals surface area contributed by atoms with Gasteiger partial charge in [-0.1, -0.05) is 53.7 Å². The fourth-order valence-corrected chi connectivity index (χ4v) is 11.8. The van der Waals surface area contributed by atoms with Crippen LogP contribution >= 0.6 is 0 Å². The maximum absolute atomic E-state index is 7.11. The molecular weight excluding hydrogens is 450 g/mol. The van der Waals surface area contributed by atoms with Gasteiger partial charge >= 0.3 is 0 Å². The molecule has 1 atom stereocenters. The van der Waals surface area contributed by atoms with Gasteiger partial charge in [-0.3, -0.25) is 4.90 Å². The molecule has 1 heterocycles. The van der Waals surface area contributed by atoms with E-state index >= 15 is 0 Å². The molecule has 35 heavy (non-hydrogen) atoms. The van der Waals surface area contributed by atoms with E-state index in [1.54, 1.807) is 14.2 Å². The first-order valence-electron chi connectivity index (χ1n) is 13.2. The summed E-state index contributed by atoms with van der Waals surface area (Å²) in [5, 5.41) is 0. The van der Waals surface area contributed by atoms with E-state index in [1.165, 1.54) is 16.7 Å². The van der Waals surface area contributed by atoms with E-state index in [0.29, 0.717) is 16.6 Å². The number of methoxy groups -OCH3 is 2. The zero-order chi connectivity index (χ0) is 26.1. The summed E-state index contributed by atoms with van der Waals surface area (Å²) in [5.74, 6) is 2.69. The van der Waals surface area contributed by atoms with Crippen molar-refractivity contribution in [2.75, 3.05) is 14.2 Å². The summed E-state index contributed by atoms with van der Waals surface area (Å²) in [7, 11) is 1.40. The maximum Gasteiger partial charge on any atom is 0.258 e. The van der Waals surface area contributed by atoms with E-state index in [1.807, 2.05) is 6.07 Å². The second kappa shape index (κ2) is 10.6. The van der Waals surface area contributed by atoms with Crippen LogP contribution in [0.15, 0.2) is 36.4 Å². The minimum absolute atomic E-state index is 0.00398. The van der Waals surface area contributed by atoms with Gasteiger partial charge < -0.3 is 13.9 Å². The van der Waals surface area contributed by atoms with Crippen LogP contribution in [0.25, 0.3) is 0 Å². The Balaban J connectivity index is 2.02. The quantitative estimate of drug-likeness (QED) is 0.327. The first-order chi connectivity index (χ1) is 16.4. The molecule has 1 aliphatic heterocycles. The Morgan fingerprint density at radius 2 is 1.54 bits per heavy atom. The number of ether oxygens (including phenoxy) is 2. The zero-order valence-corrected chi connectivity index (χ0v) is 24.9. The molecule has 5 heteroatoms. The molecule has 0 bridgehead atoms. The molecule has 0 amide bonds. The predicted molar refractivity (Wildman–Crippen MR) is 149 cm³/mol. The van der Waals surface area contributed by atoms with Crippen molar-refractivity contribution in [1.29, 1.82) is 0 Å². The summed E-state index contributed by atoms with van der Waals surface area (Å²) >= 11 is 0. The van der Waals surface area contributed by atoms with Gasteiger partial charge in [0.2, 0.25) is 0 Å². The van der Waals surface area contributed by atoms with Crippen LogP contribution in [-0.4, -0.2) is 33.0 Å². The van der Waals surface area contributed by atoms with Crippen molar-refractivity contribution in [3.63, 3.8) is 0 Å². The molecule has 2 aromatic carbocycles. The van der Waals surface area contributed by atoms with Crippen LogP contribution in [-0.2, 0) is 13.0 Å². The highest BCUT2D eigenvalue weighted by atomic mass is 28.4. The Labute approximate surface area is 215 Å². The normalized spacial score (nSPS) is 18.2. The van der Waals surface area contributed by atoms with Gasteiger partial charge in [0.05, 0.1) is 14.2 Å². The molecule has 0 saturated heterocycles. The first kappa shape index (κ1) is 27.6. The third-order valence-corrected chi connectivity index (χ3v) is 14.2. The van der Waals surface area contributed by atoms with Gasteiger partial charge in [0.25, 0.3) is 8.32 Å². The van der Waals surface area contributed by atoms with Gasteiger partial charge in [-0.05, 0) is 84.8 Å². The SMILES string of the molecule is COc1cccc(CN2C(C)c3cc(OC)c(O[Si](C(C)C)(C(C)C)C(C)C)cc3CC2(C)C)c1. The van der Waals surface area contributed by atoms with Crippen molar-refractivity contribution in [2.45, 2.75) is 103 Å². The molecule has 0 aliphatic carbocycles. The lowest BCUT2D eigenvalue weighted by molar-refractivity contribution is 0.0531. The Morgan fingerprint density at radius 1 is 0.914 bits per heavy atom. The van der Waals surface area contributed by atoms with Gasteiger partial charge in [0.15, 0.2) is 5.75 Å². The van der Waals surface area contributed by atoms with Gasteiger partial charge in [-0.15, -0.1) is 0 Å². The summed E-state index contributed by atoms with van der Waals surface area (Å²) in [6.45, 7) is 21.9. The van der Waals surface area contributed by atoms with Gasteiger partial charge in [0, 0.05) is 18.1 Å². The zero-order valence-electron chi connectivity index (χ0n) is 23.9. The van der Waals surface area contributed by atoms with E-state index in [9.17, 15) is 0 Å². The number of fused-ring (bicyclic) bond motifs is 1. The summed E-state index contributed by atoms with van der Waals surface area (Å²) in [6, 6.07) is 13.2. The highest BCUT2D eigenvalue weighted by Gasteiger charge is 2.48. The Hall–Kier alpha value is -1.98. The molecule has 2 aromatic rings. The summed E-state index contributed by atoms with van der Waals surface area (Å²) in [6.07, 6.45) is 0.969. The van der Waals surface area contributed by atoms with E-state index in [4.69, 9.17) is 13.9 Å². The molecule has 0 N–H and O–H groups in total. The van der Waals surface area contributed by atoms with Crippen molar-refractivity contribution < 1.29 is 13.9 Å². The second-order valence-electron chi connectivity index (χ2n) is 11.8. The van der Waals surface area contributed by atoms with E-state index in [0.717, 1.165) is 30.2 Å². The number of hydrogen-bond donors (Lipinski definition) is 0. The lowest BCUT2D eigenvalue weighted by atomic mass is 9.81. The van der Waals surface area contributed by atoms with Crippen LogP contribution in [0.1, 0.15) is 85.0 Å². The minimum Gasteiger partial charge on any atom is -0.540 e. The van der Waals surface area contributed by atoms with Gasteiger partial charge in [-0.25, -0.2) is 0 Å². The van der Waals surface area contributed by atoms with Crippen LogP contribution in [0.3, 0.4) is 0 Å². The minimum atomic E-state index is -2.09. The van der Waals surface area contributed by atoms with E-state index in [2.05, 4.69) is 97.5 Å². The average Bonchev–Trinajstić information content (AvgIpc) is 2.79. The predicted octanol–water partition coefficient (Wildman–Crippen LogP) is 8.16. The lowest BCUT2D eigenvalue weighted by Crippen LogP contribution is -2.51. The summed E-state index contributed by atoms with van der Waals surface area (Å²) < 4.78 is 18.5. The number of nitrogens with zero attached hydrogens (tertiary/aromatic N) is 1. The van der Waals surface area contributed by atoms with Crippen LogP contribution < -0.4 is 13.9 Å². The molecule has 1 unspecified atom stereocenters. The van der Waals surface area contributed by atoms with E-state index < -0.39 is 8.32 Å². The third kappa shape index (κ3) is 5.27. The van der Waals surface area contributed by atoms with Crippen LogP contribution in [0.4, 0.5) is 0 Å². The van der Waals surface area contributed by atoms with Gasteiger partial charge in [0.1, 0.15) is 11.5 Å². The highest BCUT2D eigenvalue weighted by molar-refractivity contribution is 6.78. The molecule has 3 rings (SSSR count). The smallest absolute Gasteiger partial charge is 0.258 e. The van der Waals surface area contributed by atoms with Crippen molar-refractivity contribution in [2.24, 2.45) is 0 Å². The van der Waals surface area contributed by atoms with Crippen molar-refractivity contribution >= 4 is 8.32 Å². The van der Waals surface area contributed by atoms with Crippen LogP contribution in [0, 0.1) is 0 Å². The molecule has 194 valence electrons. The monoisotopic (exact) mass is 497 g/mol. The topological polar surface area (TPSA) is 30.9 Å². The highest BCUT2D eigenvalue weighted by Crippen LogP contribution is 2.48. The number of rotatable bonds is 9. The maximum atomic E-state index is 7.11. The fraction of sp³-hybridized carbons (Fsp3) is 0.600. The van der Waals surface area contributed by atoms with Gasteiger partial charge in [-0.2, -0.15) is 0 Å². The first-order valence-corrected chi connectivity index (χ1v) is 15.3. The second-order valence-corrected chi connectivity index (χ2v) is 17.1. The number of benzene rings is 2. The van der Waals surface area contributed by atoms with Crippen molar-refractivity contribution in [3.05, 3.63) is 53.1 Å². The molecular formula is C30H47NO3Si. The standard InChI is InChI=1S/C30H47NO3Si/c1-20(2)35(21(3)4,22(5)6)34-29-16-25-18-30(8,9)31(23(7)27(25)17-28(29)33-11)19-24-13-12-14-26(15-24)32-10/h12-17,20-23H,18-19H2,1-11H3. The molecule has 0 radical (unpaired) electrons. The largest absolute Gasteiger partial charge is 0.540 e. The van der Waals surface area contributed by atoms with Crippen molar-refractivity contribution in [3.8, 4) is 17.2 Å². The summed E-state index contributed by atoms with van der Waals surface area (Å²) in [4.78, 5) is 2.60. The molecule has 0 fully saturated rings. The molecule has 0 aromatic heterocycles. The van der Waals surface area contributed by atoms with Crippen LogP contribution in [0.5, 0.6) is 17.2 Å². The lowest BCUT2D eigenvalue weighted by Gasteiger charge is -2.48. The summed E-state index contributed by atoms with van der Waals surface area (Å²) in [5.41, 5.74) is 5.51. The molecule has 0 spiro atoms. The fourth-order valence-electron chi connectivity index (χ4n) is 6.52. The molecule has 0 saturated carbocycles. The third-order valence-electron chi connectivity index (χ3n) is 8.22. The Kier molecular flexibility index (Phi) is 8.33. The van der Waals surface area contributed by atoms with Crippen molar-refractivity contribution in [1.82, 2.24) is 4.90 Å². The molecule has 1 aliphatic rings. The number of hydrogen-bond acceptors (Lipinski definition) is 4.